The number of halogens is 2. The molecule has 0 aliphatic heterocycles. The van der Waals surface area contributed by atoms with Gasteiger partial charge in [-0.15, -0.1) is 0 Å². The van der Waals surface area contributed by atoms with Gasteiger partial charge in [-0.3, -0.25) is 4.72 Å². The zero-order valence-electron chi connectivity index (χ0n) is 10.5. The molecular formula is C13H9ClFN3O2S. The van der Waals surface area contributed by atoms with E-state index in [4.69, 9.17) is 22.6 Å². The largest absolute Gasteiger partial charge is 0.399 e. The molecule has 0 radical (unpaired) electrons. The maximum absolute atomic E-state index is 13.7. The molecule has 0 unspecified atom stereocenters. The summed E-state index contributed by atoms with van der Waals surface area (Å²) in [6.45, 7) is 0. The van der Waals surface area contributed by atoms with Gasteiger partial charge >= 0.3 is 0 Å². The topological polar surface area (TPSA) is 96.0 Å². The summed E-state index contributed by atoms with van der Waals surface area (Å²) in [4.78, 5) is -0.544. The van der Waals surface area contributed by atoms with Crippen LogP contribution >= 0.6 is 11.6 Å². The molecule has 0 saturated heterocycles. The minimum Gasteiger partial charge on any atom is -0.399 e. The third-order valence-corrected chi connectivity index (χ3v) is 4.30. The molecule has 0 spiro atoms. The highest BCUT2D eigenvalue weighted by atomic mass is 35.5. The van der Waals surface area contributed by atoms with Gasteiger partial charge < -0.3 is 5.73 Å². The van der Waals surface area contributed by atoms with Crippen LogP contribution in [0.5, 0.6) is 0 Å². The van der Waals surface area contributed by atoms with Crippen LogP contribution in [0, 0.1) is 17.1 Å². The van der Waals surface area contributed by atoms with E-state index in [1.54, 1.807) is 0 Å². The van der Waals surface area contributed by atoms with Crippen LogP contribution in [0.25, 0.3) is 0 Å². The smallest absolute Gasteiger partial charge is 0.264 e. The third kappa shape index (κ3) is 3.24. The first-order valence-corrected chi connectivity index (χ1v) is 7.47. The number of nitrogens with one attached hydrogen (secondary N) is 1. The molecule has 0 heterocycles. The normalized spacial score (nSPS) is 10.9. The van der Waals surface area contributed by atoms with Crippen LogP contribution in [0.15, 0.2) is 41.3 Å². The van der Waals surface area contributed by atoms with Gasteiger partial charge in [0.2, 0.25) is 0 Å². The summed E-state index contributed by atoms with van der Waals surface area (Å²) in [7, 11) is -4.15. The molecule has 2 aromatic rings. The van der Waals surface area contributed by atoms with E-state index < -0.39 is 20.7 Å². The van der Waals surface area contributed by atoms with E-state index in [0.29, 0.717) is 0 Å². The van der Waals surface area contributed by atoms with Crippen LogP contribution in [-0.4, -0.2) is 8.42 Å². The van der Waals surface area contributed by atoms with Crippen LogP contribution in [0.2, 0.25) is 5.02 Å². The molecule has 2 aromatic carbocycles. The first-order chi connectivity index (χ1) is 9.83. The molecule has 3 N–H and O–H groups in total. The molecule has 0 amide bonds. The van der Waals surface area contributed by atoms with Crippen LogP contribution in [-0.2, 0) is 10.0 Å². The lowest BCUT2D eigenvalue weighted by Crippen LogP contribution is -2.15. The number of hydrogen-bond acceptors (Lipinski definition) is 4. The first kappa shape index (κ1) is 15.1. The predicted molar refractivity (Wildman–Crippen MR) is 77.8 cm³/mol. The Balaban J connectivity index is 2.40. The Morgan fingerprint density at radius 2 is 1.95 bits per heavy atom. The van der Waals surface area contributed by atoms with Gasteiger partial charge in [0.05, 0.1) is 22.3 Å². The quantitative estimate of drug-likeness (QED) is 0.848. The summed E-state index contributed by atoms with van der Waals surface area (Å²) in [5, 5.41) is 8.75. The molecule has 5 nitrogen and oxygen atoms in total. The van der Waals surface area contributed by atoms with Gasteiger partial charge in [0.15, 0.2) is 0 Å². The molecule has 2 rings (SSSR count). The van der Waals surface area contributed by atoms with Crippen LogP contribution in [0.3, 0.4) is 0 Å². The second-order valence-corrected chi connectivity index (χ2v) is 6.16. The van der Waals surface area contributed by atoms with E-state index in [2.05, 4.69) is 4.72 Å². The van der Waals surface area contributed by atoms with Crippen molar-refractivity contribution in [1.82, 2.24) is 0 Å². The van der Waals surface area contributed by atoms with Gasteiger partial charge in [-0.25, -0.2) is 12.8 Å². The maximum atomic E-state index is 13.7. The van der Waals surface area contributed by atoms with Crippen LogP contribution < -0.4 is 10.5 Å². The van der Waals surface area contributed by atoms with E-state index in [1.807, 2.05) is 6.07 Å². The molecule has 108 valence electrons. The Morgan fingerprint density at radius 1 is 1.24 bits per heavy atom. The number of nitrogen functional groups attached to an aromatic ring is 1. The Hall–Kier alpha value is -2.30. The monoisotopic (exact) mass is 325 g/mol. The second kappa shape index (κ2) is 5.60. The van der Waals surface area contributed by atoms with Crippen molar-refractivity contribution in [1.29, 1.82) is 5.26 Å². The molecular weight excluding hydrogens is 317 g/mol. The van der Waals surface area contributed by atoms with Crippen molar-refractivity contribution < 1.29 is 12.8 Å². The Bertz CT molecular complexity index is 847. The summed E-state index contributed by atoms with van der Waals surface area (Å²) >= 11 is 5.87. The van der Waals surface area contributed by atoms with Crippen LogP contribution in [0.1, 0.15) is 5.56 Å². The van der Waals surface area contributed by atoms with E-state index in [-0.39, 0.29) is 22.0 Å². The van der Waals surface area contributed by atoms with Crippen molar-refractivity contribution in [3.63, 3.8) is 0 Å². The second-order valence-electron chi connectivity index (χ2n) is 4.10. The van der Waals surface area contributed by atoms with Crippen molar-refractivity contribution >= 4 is 33.0 Å². The fraction of sp³-hybridized carbons (Fsp3) is 0. The van der Waals surface area contributed by atoms with Gasteiger partial charge in [0, 0.05) is 5.69 Å². The molecule has 0 fully saturated rings. The fourth-order valence-corrected chi connectivity index (χ4v) is 3.03. The lowest BCUT2D eigenvalue weighted by Gasteiger charge is -2.10. The summed E-state index contributed by atoms with van der Waals surface area (Å²) in [6, 6.07) is 9.14. The molecule has 0 aliphatic rings. The summed E-state index contributed by atoms with van der Waals surface area (Å²) < 4.78 is 40.1. The van der Waals surface area contributed by atoms with E-state index >= 15 is 0 Å². The molecule has 0 saturated carbocycles. The molecule has 0 bridgehead atoms. The maximum Gasteiger partial charge on any atom is 0.264 e. The van der Waals surface area contributed by atoms with Gasteiger partial charge in [-0.2, -0.15) is 5.26 Å². The zero-order chi connectivity index (χ0) is 15.6. The molecule has 8 heteroatoms. The zero-order valence-corrected chi connectivity index (χ0v) is 12.0. The van der Waals surface area contributed by atoms with Crippen LogP contribution in [0.4, 0.5) is 15.8 Å². The average molecular weight is 326 g/mol. The minimum absolute atomic E-state index is 0.0356. The van der Waals surface area contributed by atoms with E-state index in [1.165, 1.54) is 24.3 Å². The molecule has 0 aliphatic carbocycles. The number of rotatable bonds is 3. The number of benzene rings is 2. The Kier molecular flexibility index (Phi) is 4.02. The predicted octanol–water partition coefficient (Wildman–Crippen LogP) is 2.73. The van der Waals surface area contributed by atoms with Crippen molar-refractivity contribution in [3.8, 4) is 6.07 Å². The van der Waals surface area contributed by atoms with Crippen molar-refractivity contribution in [2.45, 2.75) is 4.90 Å². The standard InChI is InChI=1S/C13H9ClFN3O2S/c14-10-5-8(7-16)1-3-12(10)18-21(19,20)13-4-2-9(17)6-11(13)15/h1-6,18H,17H2. The highest BCUT2D eigenvalue weighted by Crippen LogP contribution is 2.26. The number of nitrogens with two attached hydrogens (primary N) is 1. The average Bonchev–Trinajstić information content (AvgIpc) is 2.40. The number of hydrogen-bond donors (Lipinski definition) is 2. The number of nitrogens with zero attached hydrogens (tertiary/aromatic N) is 1. The van der Waals surface area contributed by atoms with E-state index in [0.717, 1.165) is 12.1 Å². The minimum atomic E-state index is -4.15. The van der Waals surface area contributed by atoms with Gasteiger partial charge in [0.25, 0.3) is 10.0 Å². The molecule has 0 atom stereocenters. The lowest BCUT2D eigenvalue weighted by atomic mass is 10.2. The lowest BCUT2D eigenvalue weighted by molar-refractivity contribution is 0.571. The number of sulfonamides is 1. The van der Waals surface area contributed by atoms with Crippen molar-refractivity contribution in [3.05, 3.63) is 52.8 Å². The summed E-state index contributed by atoms with van der Waals surface area (Å²) in [6.07, 6.45) is 0. The number of nitriles is 1. The van der Waals surface area contributed by atoms with Crippen molar-refractivity contribution in [2.75, 3.05) is 10.5 Å². The summed E-state index contributed by atoms with van der Waals surface area (Å²) in [5.74, 6) is -0.965. The van der Waals surface area contributed by atoms with E-state index in [9.17, 15) is 12.8 Å². The first-order valence-electron chi connectivity index (χ1n) is 5.61. The highest BCUT2D eigenvalue weighted by Gasteiger charge is 2.20. The van der Waals surface area contributed by atoms with Gasteiger partial charge in [0.1, 0.15) is 10.7 Å². The van der Waals surface area contributed by atoms with Gasteiger partial charge in [-0.1, -0.05) is 11.6 Å². The molecule has 0 aromatic heterocycles. The fourth-order valence-electron chi connectivity index (χ4n) is 1.60. The van der Waals surface area contributed by atoms with Crippen molar-refractivity contribution in [2.24, 2.45) is 0 Å². The Morgan fingerprint density at radius 3 is 2.52 bits per heavy atom. The van der Waals surface area contributed by atoms with Gasteiger partial charge in [-0.05, 0) is 36.4 Å². The SMILES string of the molecule is N#Cc1ccc(NS(=O)(=O)c2ccc(N)cc2F)c(Cl)c1. The Labute approximate surface area is 125 Å². The highest BCUT2D eigenvalue weighted by molar-refractivity contribution is 7.92. The third-order valence-electron chi connectivity index (χ3n) is 2.59. The molecule has 21 heavy (non-hydrogen) atoms. The summed E-state index contributed by atoms with van der Waals surface area (Å²) in [5.41, 5.74) is 5.81. The number of anilines is 2.